The Kier molecular flexibility index (Phi) is 4.75. The van der Waals surface area contributed by atoms with E-state index in [2.05, 4.69) is 36.1 Å². The number of hydrogen-bond acceptors (Lipinski definition) is 3. The van der Waals surface area contributed by atoms with Crippen molar-refractivity contribution in [3.05, 3.63) is 35.9 Å². The van der Waals surface area contributed by atoms with Crippen molar-refractivity contribution in [2.45, 2.75) is 44.4 Å². The zero-order valence-corrected chi connectivity index (χ0v) is 11.1. The Morgan fingerprint density at radius 1 is 1.39 bits per heavy atom. The second-order valence-corrected chi connectivity index (χ2v) is 5.23. The zero-order valence-electron chi connectivity index (χ0n) is 11.1. The third-order valence-corrected chi connectivity index (χ3v) is 3.85. The van der Waals surface area contributed by atoms with Gasteiger partial charge in [-0.15, -0.1) is 0 Å². The Morgan fingerprint density at radius 2 is 2.11 bits per heavy atom. The van der Waals surface area contributed by atoms with E-state index >= 15 is 0 Å². The van der Waals surface area contributed by atoms with Gasteiger partial charge in [-0.25, -0.2) is 0 Å². The van der Waals surface area contributed by atoms with Gasteiger partial charge < -0.3 is 10.8 Å². The van der Waals surface area contributed by atoms with Crippen molar-refractivity contribution in [1.82, 2.24) is 4.90 Å². The molecule has 1 unspecified atom stereocenters. The first-order valence-corrected chi connectivity index (χ1v) is 6.95. The van der Waals surface area contributed by atoms with Crippen LogP contribution in [0.25, 0.3) is 0 Å². The van der Waals surface area contributed by atoms with E-state index in [4.69, 9.17) is 5.73 Å². The van der Waals surface area contributed by atoms with Crippen LogP contribution in [0.2, 0.25) is 0 Å². The molecule has 2 rings (SSSR count). The molecule has 1 fully saturated rings. The van der Waals surface area contributed by atoms with Gasteiger partial charge in [-0.1, -0.05) is 43.7 Å². The molecule has 0 saturated carbocycles. The van der Waals surface area contributed by atoms with Crippen molar-refractivity contribution in [2.24, 2.45) is 5.73 Å². The summed E-state index contributed by atoms with van der Waals surface area (Å²) in [5.74, 6) is 0. The highest BCUT2D eigenvalue weighted by atomic mass is 16.3. The predicted molar refractivity (Wildman–Crippen MR) is 74.3 cm³/mol. The summed E-state index contributed by atoms with van der Waals surface area (Å²) in [4.78, 5) is 2.38. The molecule has 0 radical (unpaired) electrons. The summed E-state index contributed by atoms with van der Waals surface area (Å²) in [6, 6.07) is 10.9. The maximum atomic E-state index is 9.95. The fourth-order valence-electron chi connectivity index (χ4n) is 2.77. The van der Waals surface area contributed by atoms with E-state index in [0.29, 0.717) is 12.6 Å². The Balaban J connectivity index is 2.11. The van der Waals surface area contributed by atoms with Gasteiger partial charge in [0.1, 0.15) is 0 Å². The highest BCUT2D eigenvalue weighted by Gasteiger charge is 2.29. The van der Waals surface area contributed by atoms with Gasteiger partial charge >= 0.3 is 0 Å². The number of benzene rings is 1. The number of likely N-dealkylation sites (tertiary alicyclic amines) is 1. The normalized spacial score (nSPS) is 27.1. The minimum absolute atomic E-state index is 0.0562. The highest BCUT2D eigenvalue weighted by Crippen LogP contribution is 2.28. The fourth-order valence-corrected chi connectivity index (χ4v) is 2.77. The molecule has 0 aromatic heterocycles. The average Bonchev–Trinajstić information content (AvgIpc) is 2.40. The van der Waals surface area contributed by atoms with Crippen LogP contribution in [0.3, 0.4) is 0 Å². The molecule has 1 aromatic rings. The first kappa shape index (κ1) is 13.5. The summed E-state index contributed by atoms with van der Waals surface area (Å²) in [6.45, 7) is 3.89. The number of aliphatic hydroxyl groups excluding tert-OH is 1. The fraction of sp³-hybridized carbons (Fsp3) is 0.600. The smallest absolute Gasteiger partial charge is 0.0818 e. The van der Waals surface area contributed by atoms with Gasteiger partial charge in [0.15, 0.2) is 0 Å². The third-order valence-electron chi connectivity index (χ3n) is 3.85. The molecule has 0 spiro atoms. The Labute approximate surface area is 110 Å². The summed E-state index contributed by atoms with van der Waals surface area (Å²) in [6.07, 6.45) is 2.78. The van der Waals surface area contributed by atoms with Crippen LogP contribution in [0.1, 0.15) is 37.8 Å². The summed E-state index contributed by atoms with van der Waals surface area (Å²) in [7, 11) is 0. The number of nitrogens with two attached hydrogens (primary N) is 1. The number of β-amino-alcohol motifs (C(OH)–C–C–N with tert-alkyl or cyclic N) is 1. The monoisotopic (exact) mass is 248 g/mol. The Morgan fingerprint density at radius 3 is 2.72 bits per heavy atom. The second kappa shape index (κ2) is 6.32. The number of aliphatic hydroxyl groups is 1. The second-order valence-electron chi connectivity index (χ2n) is 5.23. The standard InChI is InChI=1S/C15H24N2O/c1-2-6-14(12-7-4-3-5-8-12)17-10-9-13(16)15(18)11-17/h3-5,7-8,13-15,18H,2,6,9-11,16H2,1H3/t13-,14?,15-/m1/s1. The maximum absolute atomic E-state index is 9.95. The van der Waals surface area contributed by atoms with Crippen LogP contribution in [0, 0.1) is 0 Å². The number of rotatable bonds is 4. The molecule has 0 aliphatic carbocycles. The van der Waals surface area contributed by atoms with E-state index in [1.54, 1.807) is 0 Å². The molecule has 3 N–H and O–H groups in total. The molecule has 100 valence electrons. The van der Waals surface area contributed by atoms with Crippen LogP contribution in [0.4, 0.5) is 0 Å². The molecular weight excluding hydrogens is 224 g/mol. The first-order valence-electron chi connectivity index (χ1n) is 6.95. The van der Waals surface area contributed by atoms with E-state index in [1.807, 2.05) is 6.07 Å². The summed E-state index contributed by atoms with van der Waals surface area (Å²) in [5.41, 5.74) is 7.23. The Bertz CT molecular complexity index is 355. The molecule has 1 saturated heterocycles. The third kappa shape index (κ3) is 3.10. The van der Waals surface area contributed by atoms with Gasteiger partial charge in [0.2, 0.25) is 0 Å². The molecule has 1 aliphatic heterocycles. The minimum Gasteiger partial charge on any atom is -0.390 e. The van der Waals surface area contributed by atoms with Crippen LogP contribution in [0.15, 0.2) is 30.3 Å². The van der Waals surface area contributed by atoms with Gasteiger partial charge in [0.05, 0.1) is 6.10 Å². The van der Waals surface area contributed by atoms with Gasteiger partial charge in [0.25, 0.3) is 0 Å². The Hall–Kier alpha value is -0.900. The SMILES string of the molecule is CCCC(c1ccccc1)N1CC[C@@H](N)[C@H](O)C1. The summed E-state index contributed by atoms with van der Waals surface area (Å²) >= 11 is 0. The molecule has 0 bridgehead atoms. The van der Waals surface area contributed by atoms with Crippen molar-refractivity contribution in [3.8, 4) is 0 Å². The van der Waals surface area contributed by atoms with Gasteiger partial charge in [-0.05, 0) is 18.4 Å². The molecule has 1 aromatic carbocycles. The number of piperidine rings is 1. The van der Waals surface area contributed by atoms with E-state index in [-0.39, 0.29) is 12.1 Å². The summed E-state index contributed by atoms with van der Waals surface area (Å²) in [5, 5.41) is 9.95. The topological polar surface area (TPSA) is 49.5 Å². The van der Waals surface area contributed by atoms with Gasteiger partial charge in [0, 0.05) is 25.2 Å². The number of nitrogens with zero attached hydrogens (tertiary/aromatic N) is 1. The number of hydrogen-bond donors (Lipinski definition) is 2. The quantitative estimate of drug-likeness (QED) is 0.856. The molecule has 18 heavy (non-hydrogen) atoms. The van der Waals surface area contributed by atoms with Crippen LogP contribution >= 0.6 is 0 Å². The van der Waals surface area contributed by atoms with Crippen LogP contribution < -0.4 is 5.73 Å². The van der Waals surface area contributed by atoms with Crippen LogP contribution in [-0.4, -0.2) is 35.2 Å². The van der Waals surface area contributed by atoms with E-state index in [1.165, 1.54) is 5.56 Å². The van der Waals surface area contributed by atoms with E-state index in [0.717, 1.165) is 25.8 Å². The van der Waals surface area contributed by atoms with Crippen LogP contribution in [-0.2, 0) is 0 Å². The molecule has 3 heteroatoms. The van der Waals surface area contributed by atoms with Crippen LogP contribution in [0.5, 0.6) is 0 Å². The van der Waals surface area contributed by atoms with Gasteiger partial charge in [-0.2, -0.15) is 0 Å². The zero-order chi connectivity index (χ0) is 13.0. The maximum Gasteiger partial charge on any atom is 0.0818 e. The summed E-state index contributed by atoms with van der Waals surface area (Å²) < 4.78 is 0. The van der Waals surface area contributed by atoms with E-state index in [9.17, 15) is 5.11 Å². The van der Waals surface area contributed by atoms with Crippen molar-refractivity contribution in [2.75, 3.05) is 13.1 Å². The first-order chi connectivity index (χ1) is 8.72. The highest BCUT2D eigenvalue weighted by molar-refractivity contribution is 5.19. The van der Waals surface area contributed by atoms with Crippen molar-refractivity contribution < 1.29 is 5.11 Å². The lowest BCUT2D eigenvalue weighted by molar-refractivity contribution is 0.0289. The van der Waals surface area contributed by atoms with Crippen molar-refractivity contribution in [3.63, 3.8) is 0 Å². The lowest BCUT2D eigenvalue weighted by Crippen LogP contribution is -2.51. The van der Waals surface area contributed by atoms with Crippen molar-refractivity contribution >= 4 is 0 Å². The molecule has 3 atom stereocenters. The molecule has 3 nitrogen and oxygen atoms in total. The molecular formula is C15H24N2O. The lowest BCUT2D eigenvalue weighted by Gasteiger charge is -2.39. The van der Waals surface area contributed by atoms with Crippen molar-refractivity contribution in [1.29, 1.82) is 0 Å². The minimum atomic E-state index is -0.387. The molecule has 1 heterocycles. The lowest BCUT2D eigenvalue weighted by atomic mass is 9.95. The average molecular weight is 248 g/mol. The largest absolute Gasteiger partial charge is 0.390 e. The molecule has 1 aliphatic rings. The predicted octanol–water partition coefficient (Wildman–Crippen LogP) is 1.92. The van der Waals surface area contributed by atoms with E-state index < -0.39 is 0 Å². The van der Waals surface area contributed by atoms with Gasteiger partial charge in [-0.3, -0.25) is 4.90 Å². The molecule has 0 amide bonds.